The van der Waals surface area contributed by atoms with E-state index in [1.807, 2.05) is 0 Å². The highest BCUT2D eigenvalue weighted by molar-refractivity contribution is 6.68. The molecular weight excluding hydrogens is 165 g/mol. The van der Waals surface area contributed by atoms with E-state index < -0.39 is 0 Å². The SMILES string of the molecule is OC1=CC(Cl)=NN(Cl)N1. The molecule has 0 bridgehead atoms. The lowest BCUT2D eigenvalue weighted by atomic mass is 10.6. The fraction of sp³-hybridized carbons (Fsp3) is 0. The third-order valence-electron chi connectivity index (χ3n) is 0.646. The zero-order valence-electron chi connectivity index (χ0n) is 4.17. The lowest BCUT2D eigenvalue weighted by Gasteiger charge is -2.14. The summed E-state index contributed by atoms with van der Waals surface area (Å²) in [6.45, 7) is 0. The second-order valence-corrected chi connectivity index (χ2v) is 2.03. The van der Waals surface area contributed by atoms with E-state index in [1.165, 1.54) is 6.08 Å². The second-order valence-electron chi connectivity index (χ2n) is 1.32. The van der Waals surface area contributed by atoms with Crippen molar-refractivity contribution in [2.75, 3.05) is 0 Å². The smallest absolute Gasteiger partial charge is 0.208 e. The van der Waals surface area contributed by atoms with E-state index >= 15 is 0 Å². The average molecular weight is 168 g/mol. The first-order valence-electron chi connectivity index (χ1n) is 2.06. The minimum atomic E-state index is -0.134. The van der Waals surface area contributed by atoms with Crippen molar-refractivity contribution in [2.45, 2.75) is 0 Å². The van der Waals surface area contributed by atoms with Crippen LogP contribution in [0, 0.1) is 0 Å². The monoisotopic (exact) mass is 167 g/mol. The van der Waals surface area contributed by atoms with Crippen molar-refractivity contribution in [1.82, 2.24) is 10.1 Å². The Hall–Kier alpha value is -0.610. The van der Waals surface area contributed by atoms with Crippen LogP contribution >= 0.6 is 23.4 Å². The van der Waals surface area contributed by atoms with Gasteiger partial charge in [0.05, 0.1) is 11.8 Å². The van der Waals surface area contributed by atoms with Gasteiger partial charge in [0.25, 0.3) is 0 Å². The number of nitrogens with zero attached hydrogens (tertiary/aromatic N) is 2. The third-order valence-corrected chi connectivity index (χ3v) is 0.991. The number of hydrazine groups is 1. The standard InChI is InChI=1S/C3H3Cl2N3O/c4-2-1-3(9)7-8(5)6-2/h1,7,9H. The van der Waals surface area contributed by atoms with E-state index in [4.69, 9.17) is 28.5 Å². The van der Waals surface area contributed by atoms with Gasteiger partial charge in [-0.1, -0.05) is 11.6 Å². The van der Waals surface area contributed by atoms with Crippen molar-refractivity contribution >= 4 is 28.5 Å². The lowest BCUT2D eigenvalue weighted by molar-refractivity contribution is 0.266. The summed E-state index contributed by atoms with van der Waals surface area (Å²) in [6, 6.07) is 0. The Morgan fingerprint density at radius 1 is 1.78 bits per heavy atom. The fourth-order valence-corrected chi connectivity index (χ4v) is 0.763. The molecule has 0 atom stereocenters. The first-order chi connectivity index (χ1) is 4.18. The molecule has 0 unspecified atom stereocenters. The van der Waals surface area contributed by atoms with Crippen LogP contribution in [0.25, 0.3) is 0 Å². The molecule has 6 heteroatoms. The van der Waals surface area contributed by atoms with Gasteiger partial charge in [0.15, 0.2) is 5.17 Å². The number of halogens is 2. The van der Waals surface area contributed by atoms with Crippen LogP contribution in [0.4, 0.5) is 0 Å². The van der Waals surface area contributed by atoms with Gasteiger partial charge in [-0.05, 0) is 0 Å². The number of hydrogen-bond acceptors (Lipinski definition) is 4. The number of aliphatic hydroxyl groups is 1. The number of nitrogens with one attached hydrogen (secondary N) is 1. The van der Waals surface area contributed by atoms with Crippen molar-refractivity contribution in [2.24, 2.45) is 5.10 Å². The Bertz CT molecular complexity index is 178. The van der Waals surface area contributed by atoms with Crippen LogP contribution in [-0.2, 0) is 0 Å². The lowest BCUT2D eigenvalue weighted by Crippen LogP contribution is -2.28. The maximum absolute atomic E-state index is 8.71. The number of hydrazone groups is 1. The Labute approximate surface area is 61.4 Å². The van der Waals surface area contributed by atoms with Gasteiger partial charge in [-0.3, -0.25) is 0 Å². The molecule has 0 aliphatic carbocycles. The molecule has 50 valence electrons. The van der Waals surface area contributed by atoms with E-state index in [1.54, 1.807) is 0 Å². The average Bonchev–Trinajstić information content (AvgIpc) is 1.59. The van der Waals surface area contributed by atoms with Crippen LogP contribution in [0.1, 0.15) is 0 Å². The van der Waals surface area contributed by atoms with Crippen molar-refractivity contribution in [3.63, 3.8) is 0 Å². The molecule has 0 spiro atoms. The molecule has 4 nitrogen and oxygen atoms in total. The molecule has 1 aliphatic heterocycles. The molecule has 1 aliphatic rings. The van der Waals surface area contributed by atoms with E-state index in [-0.39, 0.29) is 11.1 Å². The highest BCUT2D eigenvalue weighted by Gasteiger charge is 2.06. The summed E-state index contributed by atoms with van der Waals surface area (Å²) in [7, 11) is 0. The Balaban J connectivity index is 2.74. The number of allylic oxidation sites excluding steroid dienone is 1. The van der Waals surface area contributed by atoms with Crippen molar-refractivity contribution in [1.29, 1.82) is 0 Å². The van der Waals surface area contributed by atoms with E-state index in [0.29, 0.717) is 0 Å². The topological polar surface area (TPSA) is 47.9 Å². The minimum absolute atomic E-state index is 0.126. The normalized spacial score (nSPS) is 18.2. The van der Waals surface area contributed by atoms with Crippen LogP contribution < -0.4 is 5.43 Å². The van der Waals surface area contributed by atoms with Crippen molar-refractivity contribution in [3.8, 4) is 0 Å². The highest BCUT2D eigenvalue weighted by Crippen LogP contribution is 2.03. The molecule has 0 saturated carbocycles. The molecule has 9 heavy (non-hydrogen) atoms. The highest BCUT2D eigenvalue weighted by atomic mass is 35.5. The molecule has 1 heterocycles. The predicted octanol–water partition coefficient (Wildman–Crippen LogP) is 0.912. The van der Waals surface area contributed by atoms with Crippen LogP contribution in [0.15, 0.2) is 17.1 Å². The number of rotatable bonds is 0. The Morgan fingerprint density at radius 2 is 2.44 bits per heavy atom. The van der Waals surface area contributed by atoms with Crippen LogP contribution in [-0.4, -0.2) is 14.9 Å². The van der Waals surface area contributed by atoms with Gasteiger partial charge in [-0.25, -0.2) is 5.43 Å². The molecule has 0 aromatic rings. The first-order valence-corrected chi connectivity index (χ1v) is 2.77. The van der Waals surface area contributed by atoms with Gasteiger partial charge in [0.1, 0.15) is 0 Å². The Kier molecular flexibility index (Phi) is 1.68. The maximum Gasteiger partial charge on any atom is 0.208 e. The van der Waals surface area contributed by atoms with Crippen LogP contribution in [0.5, 0.6) is 0 Å². The summed E-state index contributed by atoms with van der Waals surface area (Å²) in [5, 5.41) is 12.3. The largest absolute Gasteiger partial charge is 0.494 e. The van der Waals surface area contributed by atoms with E-state index in [2.05, 4.69) is 10.5 Å². The summed E-state index contributed by atoms with van der Waals surface area (Å²) in [6.07, 6.45) is 1.24. The molecule has 1 rings (SSSR count). The van der Waals surface area contributed by atoms with Crippen molar-refractivity contribution in [3.05, 3.63) is 12.0 Å². The molecule has 0 fully saturated rings. The quantitative estimate of drug-likeness (QED) is 0.528. The molecule has 0 aromatic heterocycles. The maximum atomic E-state index is 8.71. The summed E-state index contributed by atoms with van der Waals surface area (Å²) in [4.78, 5) is 0. The van der Waals surface area contributed by atoms with Gasteiger partial charge in [0.2, 0.25) is 5.88 Å². The van der Waals surface area contributed by atoms with Crippen molar-refractivity contribution < 1.29 is 5.11 Å². The third kappa shape index (κ3) is 1.65. The summed E-state index contributed by atoms with van der Waals surface area (Å²) in [5.74, 6) is -0.134. The van der Waals surface area contributed by atoms with Crippen LogP contribution in [0.2, 0.25) is 0 Å². The first kappa shape index (κ1) is 6.51. The van der Waals surface area contributed by atoms with Crippen LogP contribution in [0.3, 0.4) is 0 Å². The van der Waals surface area contributed by atoms with Gasteiger partial charge in [-0.15, -0.1) is 9.74 Å². The molecule has 0 radical (unpaired) electrons. The summed E-state index contributed by atoms with van der Waals surface area (Å²) in [5.41, 5.74) is 2.25. The predicted molar refractivity (Wildman–Crippen MR) is 34.8 cm³/mol. The molecular formula is C3H3Cl2N3O. The summed E-state index contributed by atoms with van der Waals surface area (Å²) < 4.78 is 0.789. The van der Waals surface area contributed by atoms with Gasteiger partial charge in [-0.2, -0.15) is 0 Å². The fourth-order valence-electron chi connectivity index (χ4n) is 0.377. The summed E-state index contributed by atoms with van der Waals surface area (Å²) >= 11 is 10.6. The number of hydrogen-bond donors (Lipinski definition) is 2. The second kappa shape index (κ2) is 2.33. The molecule has 0 saturated heterocycles. The van der Waals surface area contributed by atoms with E-state index in [9.17, 15) is 0 Å². The number of aliphatic hydroxyl groups excluding tert-OH is 1. The van der Waals surface area contributed by atoms with Gasteiger partial charge in [0, 0.05) is 6.08 Å². The molecule has 2 N–H and O–H groups in total. The zero-order chi connectivity index (χ0) is 6.85. The van der Waals surface area contributed by atoms with Gasteiger partial charge < -0.3 is 5.11 Å². The molecule has 0 amide bonds. The van der Waals surface area contributed by atoms with Gasteiger partial charge >= 0.3 is 0 Å². The van der Waals surface area contributed by atoms with E-state index in [0.717, 1.165) is 4.64 Å². The minimum Gasteiger partial charge on any atom is -0.494 e. The molecule has 0 aromatic carbocycles. The zero-order valence-corrected chi connectivity index (χ0v) is 5.69. The Morgan fingerprint density at radius 3 is 2.89 bits per heavy atom.